The second kappa shape index (κ2) is 7.16. The SMILES string of the molecule is C[C@@H](NC(=O)c1cc(C(F)(F)F)cc(C(F)(F)F)c1)C(=O)NC(C)(C)C. The van der Waals surface area contributed by atoms with E-state index in [0.29, 0.717) is 12.1 Å². The first-order valence-electron chi connectivity index (χ1n) is 7.43. The van der Waals surface area contributed by atoms with Crippen molar-refractivity contribution in [2.75, 3.05) is 0 Å². The Morgan fingerprint density at radius 3 is 1.65 bits per heavy atom. The zero-order valence-electron chi connectivity index (χ0n) is 14.4. The van der Waals surface area contributed by atoms with E-state index in [1.165, 1.54) is 6.92 Å². The highest BCUT2D eigenvalue weighted by Gasteiger charge is 2.37. The molecular weight excluding hydrogens is 366 g/mol. The van der Waals surface area contributed by atoms with Crippen LogP contribution < -0.4 is 10.6 Å². The van der Waals surface area contributed by atoms with Crippen LogP contribution in [-0.4, -0.2) is 23.4 Å². The standard InChI is InChI=1S/C16H18F6N2O2/c1-8(12(25)24-14(2,3)4)23-13(26)9-5-10(15(17,18)19)7-11(6-9)16(20,21)22/h5-8H,1-4H3,(H,23,26)(H,24,25)/t8-/m1/s1. The highest BCUT2D eigenvalue weighted by atomic mass is 19.4. The summed E-state index contributed by atoms with van der Waals surface area (Å²) in [5, 5.41) is 4.62. The van der Waals surface area contributed by atoms with Gasteiger partial charge in [0.2, 0.25) is 5.91 Å². The number of rotatable bonds is 3. The maximum Gasteiger partial charge on any atom is 0.416 e. The van der Waals surface area contributed by atoms with E-state index in [9.17, 15) is 35.9 Å². The van der Waals surface area contributed by atoms with Gasteiger partial charge in [-0.1, -0.05) is 0 Å². The Kier molecular flexibility index (Phi) is 6.00. The van der Waals surface area contributed by atoms with Gasteiger partial charge in [0, 0.05) is 11.1 Å². The first-order chi connectivity index (χ1) is 11.5. The van der Waals surface area contributed by atoms with E-state index in [-0.39, 0.29) is 6.07 Å². The zero-order chi connectivity index (χ0) is 20.5. The molecule has 0 aliphatic rings. The van der Waals surface area contributed by atoms with Gasteiger partial charge < -0.3 is 10.6 Å². The predicted molar refractivity (Wildman–Crippen MR) is 81.3 cm³/mol. The van der Waals surface area contributed by atoms with E-state index in [2.05, 4.69) is 10.6 Å². The van der Waals surface area contributed by atoms with E-state index in [1.807, 2.05) is 0 Å². The third kappa shape index (κ3) is 6.23. The first-order valence-corrected chi connectivity index (χ1v) is 7.43. The van der Waals surface area contributed by atoms with Crippen molar-refractivity contribution in [3.05, 3.63) is 34.9 Å². The van der Waals surface area contributed by atoms with Gasteiger partial charge in [0.15, 0.2) is 0 Å². The molecule has 10 heteroatoms. The fourth-order valence-electron chi connectivity index (χ4n) is 1.91. The molecule has 0 heterocycles. The third-order valence-corrected chi connectivity index (χ3v) is 3.09. The van der Waals surface area contributed by atoms with Crippen LogP contribution in [0.1, 0.15) is 49.2 Å². The second-order valence-corrected chi connectivity index (χ2v) is 6.73. The fraction of sp³-hybridized carbons (Fsp3) is 0.500. The fourth-order valence-corrected chi connectivity index (χ4v) is 1.91. The summed E-state index contributed by atoms with van der Waals surface area (Å²) in [4.78, 5) is 23.9. The molecular formula is C16H18F6N2O2. The van der Waals surface area contributed by atoms with Gasteiger partial charge in [0.25, 0.3) is 5.91 Å². The molecule has 0 unspecified atom stereocenters. The molecule has 1 rings (SSSR count). The molecule has 0 aromatic heterocycles. The van der Waals surface area contributed by atoms with Crippen molar-refractivity contribution in [3.8, 4) is 0 Å². The van der Waals surface area contributed by atoms with Crippen molar-refractivity contribution in [2.24, 2.45) is 0 Å². The number of hydrogen-bond acceptors (Lipinski definition) is 2. The Hall–Kier alpha value is -2.26. The number of carbonyl (C=O) groups is 2. The smallest absolute Gasteiger partial charge is 0.350 e. The molecule has 0 aliphatic carbocycles. The van der Waals surface area contributed by atoms with Crippen LogP contribution in [0.3, 0.4) is 0 Å². The van der Waals surface area contributed by atoms with Gasteiger partial charge in [-0.25, -0.2) is 0 Å². The molecule has 4 nitrogen and oxygen atoms in total. The van der Waals surface area contributed by atoms with Crippen molar-refractivity contribution in [3.63, 3.8) is 0 Å². The number of hydrogen-bond donors (Lipinski definition) is 2. The number of nitrogens with one attached hydrogen (secondary N) is 2. The monoisotopic (exact) mass is 384 g/mol. The van der Waals surface area contributed by atoms with Crippen LogP contribution in [0.4, 0.5) is 26.3 Å². The lowest BCUT2D eigenvalue weighted by Gasteiger charge is -2.23. The first kappa shape index (κ1) is 21.8. The number of alkyl halides is 6. The van der Waals surface area contributed by atoms with E-state index >= 15 is 0 Å². The van der Waals surface area contributed by atoms with E-state index in [1.54, 1.807) is 20.8 Å². The summed E-state index contributed by atoms with van der Waals surface area (Å²) in [6, 6.07) is -0.629. The summed E-state index contributed by atoms with van der Waals surface area (Å²) < 4.78 is 76.9. The molecule has 1 atom stereocenters. The number of carbonyl (C=O) groups excluding carboxylic acids is 2. The Balaban J connectivity index is 3.14. The van der Waals surface area contributed by atoms with Crippen LogP contribution in [-0.2, 0) is 17.1 Å². The molecule has 2 N–H and O–H groups in total. The molecule has 0 saturated carbocycles. The van der Waals surface area contributed by atoms with Crippen molar-refractivity contribution >= 4 is 11.8 Å². The van der Waals surface area contributed by atoms with E-state index < -0.39 is 52.4 Å². The minimum absolute atomic E-state index is 0.0769. The van der Waals surface area contributed by atoms with Crippen molar-refractivity contribution in [1.82, 2.24) is 10.6 Å². The molecule has 2 amide bonds. The van der Waals surface area contributed by atoms with Gasteiger partial charge in [0.1, 0.15) is 6.04 Å². The predicted octanol–water partition coefficient (Wildman–Crippen LogP) is 3.76. The molecule has 1 aromatic rings. The summed E-state index contributed by atoms with van der Waals surface area (Å²) in [6.07, 6.45) is -10.1. The topological polar surface area (TPSA) is 58.2 Å². The normalized spacial score (nSPS) is 13.9. The summed E-state index contributed by atoms with van der Waals surface area (Å²) in [6.45, 7) is 6.27. The average molecular weight is 384 g/mol. The molecule has 0 fully saturated rings. The van der Waals surface area contributed by atoms with Gasteiger partial charge in [-0.05, 0) is 45.9 Å². The summed E-state index contributed by atoms with van der Waals surface area (Å²) >= 11 is 0. The lowest BCUT2D eigenvalue weighted by atomic mass is 10.0. The Morgan fingerprint density at radius 2 is 1.31 bits per heavy atom. The van der Waals surface area contributed by atoms with Crippen LogP contribution in [0.25, 0.3) is 0 Å². The van der Waals surface area contributed by atoms with Crippen LogP contribution in [0.5, 0.6) is 0 Å². The van der Waals surface area contributed by atoms with Gasteiger partial charge in [0.05, 0.1) is 11.1 Å². The van der Waals surface area contributed by atoms with Gasteiger partial charge >= 0.3 is 12.4 Å². The number of benzene rings is 1. The van der Waals surface area contributed by atoms with E-state index in [0.717, 1.165) is 0 Å². The summed E-state index contributed by atoms with van der Waals surface area (Å²) in [5.41, 5.74) is -4.69. The highest BCUT2D eigenvalue weighted by Crippen LogP contribution is 2.36. The van der Waals surface area contributed by atoms with Gasteiger partial charge in [-0.3, -0.25) is 9.59 Å². The maximum absolute atomic E-state index is 12.8. The van der Waals surface area contributed by atoms with Crippen LogP contribution in [0.2, 0.25) is 0 Å². The molecule has 0 bridgehead atoms. The molecule has 0 radical (unpaired) electrons. The van der Waals surface area contributed by atoms with Crippen molar-refractivity contribution in [1.29, 1.82) is 0 Å². The van der Waals surface area contributed by atoms with Gasteiger partial charge in [-0.2, -0.15) is 26.3 Å². The second-order valence-electron chi connectivity index (χ2n) is 6.73. The zero-order valence-corrected chi connectivity index (χ0v) is 14.4. The molecule has 0 saturated heterocycles. The third-order valence-electron chi connectivity index (χ3n) is 3.09. The molecule has 0 spiro atoms. The largest absolute Gasteiger partial charge is 0.416 e. The molecule has 26 heavy (non-hydrogen) atoms. The Labute approximate surface area is 145 Å². The number of halogens is 6. The van der Waals surface area contributed by atoms with Crippen LogP contribution in [0.15, 0.2) is 18.2 Å². The van der Waals surface area contributed by atoms with Crippen LogP contribution >= 0.6 is 0 Å². The lowest BCUT2D eigenvalue weighted by molar-refractivity contribution is -0.143. The summed E-state index contributed by atoms with van der Waals surface area (Å²) in [7, 11) is 0. The number of amides is 2. The van der Waals surface area contributed by atoms with Crippen LogP contribution in [0, 0.1) is 0 Å². The highest BCUT2D eigenvalue weighted by molar-refractivity contribution is 5.97. The van der Waals surface area contributed by atoms with Gasteiger partial charge in [-0.15, -0.1) is 0 Å². The van der Waals surface area contributed by atoms with Crippen molar-refractivity contribution < 1.29 is 35.9 Å². The minimum Gasteiger partial charge on any atom is -0.350 e. The molecule has 0 aliphatic heterocycles. The minimum atomic E-state index is -5.06. The molecule has 146 valence electrons. The Bertz CT molecular complexity index is 657. The van der Waals surface area contributed by atoms with Crippen molar-refractivity contribution in [2.45, 2.75) is 51.6 Å². The average Bonchev–Trinajstić information content (AvgIpc) is 2.42. The maximum atomic E-state index is 12.8. The molecule has 1 aromatic carbocycles. The Morgan fingerprint density at radius 1 is 0.885 bits per heavy atom. The van der Waals surface area contributed by atoms with E-state index in [4.69, 9.17) is 0 Å². The summed E-state index contributed by atoms with van der Waals surface area (Å²) in [5.74, 6) is -1.85. The quantitative estimate of drug-likeness (QED) is 0.780. The lowest BCUT2D eigenvalue weighted by Crippen LogP contribution is -2.50.